The number of hydrogen-bond donors (Lipinski definition) is 2. The Morgan fingerprint density at radius 1 is 1.00 bits per heavy atom. The number of nitro benzene ring substituents is 1. The number of nitrogens with zero attached hydrogens (tertiary/aromatic N) is 1. The van der Waals surface area contributed by atoms with Gasteiger partial charge >= 0.3 is 5.51 Å². The number of primary sulfonamides is 1. The predicted molar refractivity (Wildman–Crippen MR) is 96.3 cm³/mol. The van der Waals surface area contributed by atoms with Gasteiger partial charge in [0.05, 0.1) is 14.7 Å². The van der Waals surface area contributed by atoms with Crippen LogP contribution in [0.4, 0.5) is 24.5 Å². The fourth-order valence-electron chi connectivity index (χ4n) is 2.30. The first kappa shape index (κ1) is 22.6. The van der Waals surface area contributed by atoms with Crippen LogP contribution in [-0.4, -0.2) is 33.8 Å². The van der Waals surface area contributed by atoms with E-state index in [4.69, 9.17) is 5.14 Å². The molecule has 0 spiro atoms. The quantitative estimate of drug-likeness (QED) is 0.482. The Bertz CT molecular complexity index is 1130. The summed E-state index contributed by atoms with van der Waals surface area (Å²) >= 11 is 0. The van der Waals surface area contributed by atoms with E-state index in [0.717, 1.165) is 6.07 Å². The van der Waals surface area contributed by atoms with Gasteiger partial charge in [-0.1, -0.05) is 12.1 Å². The van der Waals surface area contributed by atoms with Crippen LogP contribution in [0.15, 0.2) is 52.3 Å². The Hall–Kier alpha value is -2.71. The van der Waals surface area contributed by atoms with Gasteiger partial charge in [0.15, 0.2) is 0 Å². The molecule has 0 amide bonds. The minimum Gasteiger partial charge on any atom is -0.379 e. The van der Waals surface area contributed by atoms with Crippen LogP contribution in [0, 0.1) is 10.1 Å². The highest BCUT2D eigenvalue weighted by Gasteiger charge is 2.47. The van der Waals surface area contributed by atoms with Crippen molar-refractivity contribution in [3.63, 3.8) is 0 Å². The highest BCUT2D eigenvalue weighted by molar-refractivity contribution is 7.92. The van der Waals surface area contributed by atoms with Gasteiger partial charge < -0.3 is 5.32 Å². The number of benzene rings is 2. The summed E-state index contributed by atoms with van der Waals surface area (Å²) in [5, 5.41) is 18.8. The molecule has 0 heterocycles. The number of alkyl halides is 3. The third-order valence-electron chi connectivity index (χ3n) is 3.76. The molecule has 14 heteroatoms. The molecular formula is C15H14F3N3O6S2. The van der Waals surface area contributed by atoms with Gasteiger partial charge in [0.25, 0.3) is 15.5 Å². The average Bonchev–Trinajstić information content (AvgIpc) is 2.60. The first-order valence-electron chi connectivity index (χ1n) is 7.69. The SMILES string of the molecule is NS(=O)(=O)c1ccc(CCNc2ccc(S(=O)(=O)C(F)(F)F)cc2[N+](=O)[O-])cc1. The minimum atomic E-state index is -5.72. The Morgan fingerprint density at radius 3 is 2.03 bits per heavy atom. The lowest BCUT2D eigenvalue weighted by Gasteiger charge is -2.11. The second-order valence-electron chi connectivity index (χ2n) is 5.75. The number of anilines is 1. The maximum Gasteiger partial charge on any atom is 0.501 e. The summed E-state index contributed by atoms with van der Waals surface area (Å²) in [4.78, 5) is 8.81. The van der Waals surface area contributed by atoms with E-state index in [2.05, 4.69) is 5.32 Å². The smallest absolute Gasteiger partial charge is 0.379 e. The van der Waals surface area contributed by atoms with Crippen molar-refractivity contribution in [2.24, 2.45) is 5.14 Å². The molecule has 0 bridgehead atoms. The largest absolute Gasteiger partial charge is 0.501 e. The van der Waals surface area contributed by atoms with E-state index in [1.54, 1.807) is 0 Å². The minimum absolute atomic E-state index is 0.0914. The molecule has 0 fully saturated rings. The molecule has 0 unspecified atom stereocenters. The van der Waals surface area contributed by atoms with Gasteiger partial charge in [-0.25, -0.2) is 22.0 Å². The normalized spacial score (nSPS) is 12.6. The number of hydrogen-bond acceptors (Lipinski definition) is 7. The molecule has 0 saturated heterocycles. The monoisotopic (exact) mass is 453 g/mol. The molecule has 158 valence electrons. The van der Waals surface area contributed by atoms with Crippen LogP contribution >= 0.6 is 0 Å². The van der Waals surface area contributed by atoms with Crippen molar-refractivity contribution in [3.05, 3.63) is 58.1 Å². The molecule has 0 aliphatic rings. The van der Waals surface area contributed by atoms with Gasteiger partial charge in [0.2, 0.25) is 10.0 Å². The zero-order valence-electron chi connectivity index (χ0n) is 14.4. The number of rotatable bonds is 7. The van der Waals surface area contributed by atoms with Gasteiger partial charge in [-0.2, -0.15) is 13.2 Å². The van der Waals surface area contributed by atoms with Crippen molar-refractivity contribution < 1.29 is 34.9 Å². The summed E-state index contributed by atoms with van der Waals surface area (Å²) in [6.45, 7) is 0.0981. The van der Waals surface area contributed by atoms with Crippen LogP contribution in [-0.2, 0) is 26.3 Å². The van der Waals surface area contributed by atoms with Crippen LogP contribution in [0.1, 0.15) is 5.56 Å². The van der Waals surface area contributed by atoms with E-state index in [1.165, 1.54) is 24.3 Å². The van der Waals surface area contributed by atoms with Crippen LogP contribution in [0.25, 0.3) is 0 Å². The summed E-state index contributed by atoms with van der Waals surface area (Å²) in [5.41, 5.74) is -5.93. The lowest BCUT2D eigenvalue weighted by Crippen LogP contribution is -2.23. The molecule has 2 rings (SSSR count). The van der Waals surface area contributed by atoms with Crippen molar-refractivity contribution in [1.82, 2.24) is 0 Å². The molecule has 2 aromatic rings. The lowest BCUT2D eigenvalue weighted by molar-refractivity contribution is -0.384. The predicted octanol–water partition coefficient (Wildman–Crippen LogP) is 2.19. The maximum atomic E-state index is 12.6. The van der Waals surface area contributed by atoms with E-state index >= 15 is 0 Å². The molecule has 9 nitrogen and oxygen atoms in total. The summed E-state index contributed by atoms with van der Waals surface area (Å²) < 4.78 is 83.1. The maximum absolute atomic E-state index is 12.6. The second kappa shape index (κ2) is 7.96. The van der Waals surface area contributed by atoms with Crippen molar-refractivity contribution in [2.45, 2.75) is 21.7 Å². The number of halogens is 3. The first-order valence-corrected chi connectivity index (χ1v) is 10.7. The molecule has 0 aliphatic heterocycles. The Kier molecular flexibility index (Phi) is 6.20. The molecule has 0 radical (unpaired) electrons. The third kappa shape index (κ3) is 5.21. The van der Waals surface area contributed by atoms with Crippen LogP contribution in [0.2, 0.25) is 0 Å². The summed E-state index contributed by atoms with van der Waals surface area (Å²) in [6.07, 6.45) is 0.282. The van der Waals surface area contributed by atoms with Crippen LogP contribution < -0.4 is 10.5 Å². The number of nitrogens with two attached hydrogens (primary N) is 1. The van der Waals surface area contributed by atoms with E-state index in [0.29, 0.717) is 17.7 Å². The van der Waals surface area contributed by atoms with Gasteiger partial charge in [-0.05, 0) is 36.2 Å². The van der Waals surface area contributed by atoms with Gasteiger partial charge in [0, 0.05) is 12.6 Å². The number of nitrogens with one attached hydrogen (secondary N) is 1. The number of nitro groups is 1. The van der Waals surface area contributed by atoms with Crippen LogP contribution in [0.5, 0.6) is 0 Å². The Labute approximate surface area is 163 Å². The number of sulfonamides is 1. The van der Waals surface area contributed by atoms with E-state index in [9.17, 15) is 40.1 Å². The van der Waals surface area contributed by atoms with Gasteiger partial charge in [-0.15, -0.1) is 0 Å². The molecule has 0 aromatic heterocycles. The van der Waals surface area contributed by atoms with Gasteiger partial charge in [0.1, 0.15) is 5.69 Å². The van der Waals surface area contributed by atoms with Crippen molar-refractivity contribution in [1.29, 1.82) is 0 Å². The Morgan fingerprint density at radius 2 is 1.55 bits per heavy atom. The highest BCUT2D eigenvalue weighted by Crippen LogP contribution is 2.34. The molecular weight excluding hydrogens is 439 g/mol. The molecule has 0 saturated carbocycles. The standard InChI is InChI=1S/C15H14F3N3O6S2/c16-15(17,18)28(24,25)12-5-6-13(14(9-12)21(22)23)20-8-7-10-1-3-11(4-2-10)29(19,26)27/h1-6,9,20H,7-8H2,(H2,19,26,27). The van der Waals surface area contributed by atoms with E-state index < -0.39 is 40.9 Å². The molecule has 29 heavy (non-hydrogen) atoms. The third-order valence-corrected chi connectivity index (χ3v) is 6.18. The topological polar surface area (TPSA) is 149 Å². The average molecular weight is 453 g/mol. The fraction of sp³-hybridized carbons (Fsp3) is 0.200. The molecule has 2 aromatic carbocycles. The lowest BCUT2D eigenvalue weighted by atomic mass is 10.1. The van der Waals surface area contributed by atoms with E-state index in [1.807, 2.05) is 0 Å². The van der Waals surface area contributed by atoms with Crippen molar-refractivity contribution >= 4 is 31.2 Å². The van der Waals surface area contributed by atoms with E-state index in [-0.39, 0.29) is 23.5 Å². The first-order chi connectivity index (χ1) is 13.2. The Balaban J connectivity index is 2.18. The van der Waals surface area contributed by atoms with Gasteiger partial charge in [-0.3, -0.25) is 10.1 Å². The zero-order chi connectivity index (χ0) is 22.0. The van der Waals surface area contributed by atoms with Crippen LogP contribution in [0.3, 0.4) is 0 Å². The zero-order valence-corrected chi connectivity index (χ0v) is 16.0. The van der Waals surface area contributed by atoms with Crippen molar-refractivity contribution in [3.8, 4) is 0 Å². The molecule has 3 N–H and O–H groups in total. The summed E-state index contributed by atoms with van der Waals surface area (Å²) in [6, 6.07) is 7.36. The highest BCUT2D eigenvalue weighted by atomic mass is 32.2. The van der Waals surface area contributed by atoms with Crippen molar-refractivity contribution in [2.75, 3.05) is 11.9 Å². The summed E-state index contributed by atoms with van der Waals surface area (Å²) in [7, 11) is -9.57. The fourth-order valence-corrected chi connectivity index (χ4v) is 3.60. The molecule has 0 aliphatic carbocycles. The molecule has 0 atom stereocenters. The second-order valence-corrected chi connectivity index (χ2v) is 9.25. The number of sulfone groups is 1. The summed E-state index contributed by atoms with van der Waals surface area (Å²) in [5.74, 6) is 0.